The molecule has 0 saturated heterocycles. The van der Waals surface area contributed by atoms with Crippen molar-refractivity contribution in [3.63, 3.8) is 0 Å². The monoisotopic (exact) mass is 674 g/mol. The molecule has 1 heterocycles. The largest absolute Gasteiger partial charge is 0.497 e. The molecular formula is C38H50N4O7. The number of carbonyl (C=O) groups is 3. The molecular weight excluding hydrogens is 624 g/mol. The highest BCUT2D eigenvalue weighted by Gasteiger charge is 2.31. The number of benzene rings is 3. The third kappa shape index (κ3) is 11.0. The summed E-state index contributed by atoms with van der Waals surface area (Å²) >= 11 is 0. The van der Waals surface area contributed by atoms with Crippen molar-refractivity contribution in [2.45, 2.75) is 64.7 Å². The summed E-state index contributed by atoms with van der Waals surface area (Å²) in [5, 5.41) is 15.8. The maximum atomic E-state index is 14.4. The van der Waals surface area contributed by atoms with E-state index in [1.807, 2.05) is 44.2 Å². The normalized spacial score (nSPS) is 19.4. The van der Waals surface area contributed by atoms with E-state index in [4.69, 9.17) is 14.2 Å². The molecule has 4 amide bonds. The molecule has 264 valence electrons. The summed E-state index contributed by atoms with van der Waals surface area (Å²) in [5.41, 5.74) is 2.19. The van der Waals surface area contributed by atoms with Crippen LogP contribution in [-0.4, -0.2) is 91.5 Å². The van der Waals surface area contributed by atoms with Crippen LogP contribution in [0.4, 0.5) is 16.2 Å². The number of nitrogens with one attached hydrogen (secondary N) is 2. The molecule has 0 fully saturated rings. The van der Waals surface area contributed by atoms with Crippen molar-refractivity contribution in [3.05, 3.63) is 83.9 Å². The number of aliphatic hydroxyl groups is 1. The zero-order valence-corrected chi connectivity index (χ0v) is 29.2. The SMILES string of the molecule is COc1ccc(NC(=O)Nc2ccc3c(c2)C(=O)N([C@@H](C)CO)C[C@H](C)[C@@H](CN(C)C(=O)Cc2ccccc2)OCCCC[C@H](C)O3)cc1. The van der Waals surface area contributed by atoms with Crippen molar-refractivity contribution in [2.75, 3.05) is 51.1 Å². The zero-order valence-electron chi connectivity index (χ0n) is 29.2. The zero-order chi connectivity index (χ0) is 35.3. The number of nitrogens with zero attached hydrogens (tertiary/aromatic N) is 2. The van der Waals surface area contributed by atoms with Crippen LogP contribution in [0.3, 0.4) is 0 Å². The van der Waals surface area contributed by atoms with Crippen molar-refractivity contribution < 1.29 is 33.7 Å². The van der Waals surface area contributed by atoms with Crippen molar-refractivity contribution in [1.82, 2.24) is 9.80 Å². The van der Waals surface area contributed by atoms with Gasteiger partial charge in [0, 0.05) is 44.0 Å². The van der Waals surface area contributed by atoms with Gasteiger partial charge in [-0.25, -0.2) is 4.79 Å². The summed E-state index contributed by atoms with van der Waals surface area (Å²) in [6.45, 7) is 6.61. The molecule has 0 aliphatic carbocycles. The first kappa shape index (κ1) is 37.2. The molecule has 3 aromatic carbocycles. The molecule has 1 aliphatic heterocycles. The number of urea groups is 1. The number of amides is 4. The number of hydrogen-bond acceptors (Lipinski definition) is 7. The molecule has 3 N–H and O–H groups in total. The van der Waals surface area contributed by atoms with E-state index in [0.717, 1.165) is 24.8 Å². The fourth-order valence-corrected chi connectivity index (χ4v) is 5.71. The first-order chi connectivity index (χ1) is 23.6. The summed E-state index contributed by atoms with van der Waals surface area (Å²) in [6.07, 6.45) is 2.16. The predicted molar refractivity (Wildman–Crippen MR) is 190 cm³/mol. The number of rotatable bonds is 9. The molecule has 11 heteroatoms. The number of carbonyl (C=O) groups excluding carboxylic acids is 3. The van der Waals surface area contributed by atoms with E-state index < -0.39 is 12.1 Å². The van der Waals surface area contributed by atoms with Gasteiger partial charge in [0.15, 0.2) is 0 Å². The van der Waals surface area contributed by atoms with Gasteiger partial charge in [-0.2, -0.15) is 0 Å². The molecule has 0 aromatic heterocycles. The van der Waals surface area contributed by atoms with Gasteiger partial charge in [0.2, 0.25) is 5.91 Å². The van der Waals surface area contributed by atoms with E-state index in [-0.39, 0.29) is 55.1 Å². The lowest BCUT2D eigenvalue weighted by atomic mass is 10.0. The second-order valence-electron chi connectivity index (χ2n) is 12.8. The Kier molecular flexibility index (Phi) is 13.8. The summed E-state index contributed by atoms with van der Waals surface area (Å²) < 4.78 is 17.9. The topological polar surface area (TPSA) is 130 Å². The highest BCUT2D eigenvalue weighted by molar-refractivity contribution is 6.02. The van der Waals surface area contributed by atoms with E-state index in [1.165, 1.54) is 0 Å². The van der Waals surface area contributed by atoms with Gasteiger partial charge in [0.25, 0.3) is 5.91 Å². The Bertz CT molecular complexity index is 1520. The van der Waals surface area contributed by atoms with Crippen LogP contribution < -0.4 is 20.1 Å². The number of ether oxygens (including phenoxy) is 3. The summed E-state index contributed by atoms with van der Waals surface area (Å²) in [6, 6.07) is 20.6. The van der Waals surface area contributed by atoms with Crippen molar-refractivity contribution in [3.8, 4) is 11.5 Å². The van der Waals surface area contributed by atoms with Crippen LogP contribution in [0.2, 0.25) is 0 Å². The Morgan fingerprint density at radius 2 is 1.71 bits per heavy atom. The Morgan fingerprint density at radius 3 is 2.41 bits per heavy atom. The van der Waals surface area contributed by atoms with Gasteiger partial charge in [-0.05, 0) is 81.1 Å². The second-order valence-corrected chi connectivity index (χ2v) is 12.8. The molecule has 49 heavy (non-hydrogen) atoms. The molecule has 0 unspecified atom stereocenters. The maximum Gasteiger partial charge on any atom is 0.323 e. The van der Waals surface area contributed by atoms with Gasteiger partial charge in [-0.1, -0.05) is 37.3 Å². The van der Waals surface area contributed by atoms with Crippen LogP contribution in [0.1, 0.15) is 56.0 Å². The lowest BCUT2D eigenvalue weighted by Gasteiger charge is -2.36. The fourth-order valence-electron chi connectivity index (χ4n) is 5.71. The smallest absolute Gasteiger partial charge is 0.323 e. The summed E-state index contributed by atoms with van der Waals surface area (Å²) in [5.74, 6) is 0.515. The van der Waals surface area contributed by atoms with Crippen molar-refractivity contribution >= 4 is 29.2 Å². The highest BCUT2D eigenvalue weighted by atomic mass is 16.5. The first-order valence-electron chi connectivity index (χ1n) is 16.9. The van der Waals surface area contributed by atoms with E-state index in [9.17, 15) is 19.5 Å². The van der Waals surface area contributed by atoms with E-state index >= 15 is 0 Å². The van der Waals surface area contributed by atoms with E-state index in [1.54, 1.807) is 73.3 Å². The standard InChI is InChI=1S/C38H50N4O7/c1-26-23-42(27(2)25-43)37(45)33-22-31(40-38(46)39-30-14-17-32(47-5)18-15-30)16-19-34(33)49-28(3)11-9-10-20-48-35(26)24-41(4)36(44)21-29-12-7-6-8-13-29/h6-8,12-19,22,26-28,35,43H,9-11,20-21,23-25H2,1-5H3,(H2,39,40,46)/t26-,27-,28-,35+/m0/s1. The van der Waals surface area contributed by atoms with Crippen molar-refractivity contribution in [1.29, 1.82) is 0 Å². The van der Waals surface area contributed by atoms with Gasteiger partial charge in [-0.15, -0.1) is 0 Å². The number of anilines is 2. The lowest BCUT2D eigenvalue weighted by Crippen LogP contribution is -2.48. The molecule has 4 atom stereocenters. The predicted octanol–water partition coefficient (Wildman–Crippen LogP) is 5.84. The van der Waals surface area contributed by atoms with Gasteiger partial charge >= 0.3 is 6.03 Å². The van der Waals surface area contributed by atoms with Gasteiger partial charge < -0.3 is 39.8 Å². The first-order valence-corrected chi connectivity index (χ1v) is 16.9. The van der Waals surface area contributed by atoms with Crippen LogP contribution in [0, 0.1) is 5.92 Å². The minimum absolute atomic E-state index is 0.0194. The van der Waals surface area contributed by atoms with E-state index in [2.05, 4.69) is 10.6 Å². The quantitative estimate of drug-likeness (QED) is 0.260. The third-order valence-corrected chi connectivity index (χ3v) is 8.74. The number of methoxy groups -OCH3 is 1. The number of fused-ring (bicyclic) bond motifs is 1. The average molecular weight is 675 g/mol. The Balaban J connectivity index is 1.57. The molecule has 3 aromatic rings. The molecule has 0 bridgehead atoms. The molecule has 11 nitrogen and oxygen atoms in total. The highest BCUT2D eigenvalue weighted by Crippen LogP contribution is 2.29. The Morgan fingerprint density at radius 1 is 1.02 bits per heavy atom. The van der Waals surface area contributed by atoms with Gasteiger partial charge in [0.05, 0.1) is 44.0 Å². The van der Waals surface area contributed by atoms with Gasteiger partial charge in [-0.3, -0.25) is 9.59 Å². The van der Waals surface area contributed by atoms with Gasteiger partial charge in [0.1, 0.15) is 11.5 Å². The molecule has 0 saturated carbocycles. The molecule has 4 rings (SSSR count). The van der Waals surface area contributed by atoms with Crippen LogP contribution in [-0.2, 0) is 16.0 Å². The fraction of sp³-hybridized carbons (Fsp3) is 0.447. The van der Waals surface area contributed by atoms with E-state index in [0.29, 0.717) is 36.0 Å². The average Bonchev–Trinajstić information content (AvgIpc) is 3.10. The van der Waals surface area contributed by atoms with Crippen LogP contribution in [0.15, 0.2) is 72.8 Å². The maximum absolute atomic E-state index is 14.4. The van der Waals surface area contributed by atoms with Crippen LogP contribution >= 0.6 is 0 Å². The molecule has 0 spiro atoms. The Labute approximate surface area is 289 Å². The molecule has 0 radical (unpaired) electrons. The third-order valence-electron chi connectivity index (χ3n) is 8.74. The second kappa shape index (κ2) is 18.2. The number of hydrogen-bond donors (Lipinski definition) is 3. The van der Waals surface area contributed by atoms with Crippen molar-refractivity contribution in [2.24, 2.45) is 5.92 Å². The minimum Gasteiger partial charge on any atom is -0.497 e. The minimum atomic E-state index is -0.527. The summed E-state index contributed by atoms with van der Waals surface area (Å²) in [4.78, 5) is 43.7. The molecule has 1 aliphatic rings. The Hall–Kier alpha value is -4.61. The van der Waals surface area contributed by atoms with Crippen LogP contribution in [0.25, 0.3) is 0 Å². The lowest BCUT2D eigenvalue weighted by molar-refractivity contribution is -0.131. The number of aliphatic hydroxyl groups excluding tert-OH is 1. The van der Waals surface area contributed by atoms with Crippen LogP contribution in [0.5, 0.6) is 11.5 Å². The summed E-state index contributed by atoms with van der Waals surface area (Å²) in [7, 11) is 3.35. The number of likely N-dealkylation sites (N-methyl/N-ethyl adjacent to an activating group) is 1.